The van der Waals surface area contributed by atoms with Crippen molar-refractivity contribution in [2.45, 2.75) is 25.2 Å². The maximum Gasteiger partial charge on any atom is 0.240 e. The van der Waals surface area contributed by atoms with Crippen molar-refractivity contribution in [3.05, 3.63) is 52.5 Å². The lowest BCUT2D eigenvalue weighted by atomic mass is 10.1. The Balaban J connectivity index is 1.61. The minimum Gasteiger partial charge on any atom is -0.367 e. The molecule has 2 aromatic carbocycles. The molecule has 0 saturated carbocycles. The van der Waals surface area contributed by atoms with Crippen molar-refractivity contribution in [1.82, 2.24) is 9.62 Å². The van der Waals surface area contributed by atoms with Gasteiger partial charge in [0.2, 0.25) is 15.9 Å². The van der Waals surface area contributed by atoms with Crippen molar-refractivity contribution in [3.63, 3.8) is 0 Å². The summed E-state index contributed by atoms with van der Waals surface area (Å²) in [6, 6.07) is 10.4. The van der Waals surface area contributed by atoms with Gasteiger partial charge in [-0.1, -0.05) is 17.7 Å². The summed E-state index contributed by atoms with van der Waals surface area (Å²) in [5.74, 6) is -0.277. The van der Waals surface area contributed by atoms with Crippen molar-refractivity contribution in [3.8, 4) is 0 Å². The number of hydrogen-bond acceptors (Lipinski definition) is 5. The SMILES string of the molecule is Cc1ccc(S(=O)(=O)NCCC(=O)Nc2cc(Cl)ccc2N2CCN(C)CC2)cc1C. The molecule has 31 heavy (non-hydrogen) atoms. The van der Waals surface area contributed by atoms with Crippen LogP contribution in [0.25, 0.3) is 0 Å². The van der Waals surface area contributed by atoms with E-state index < -0.39 is 10.0 Å². The second-order valence-electron chi connectivity index (χ2n) is 7.89. The van der Waals surface area contributed by atoms with Crippen LogP contribution in [0.1, 0.15) is 17.5 Å². The van der Waals surface area contributed by atoms with Gasteiger partial charge in [-0.15, -0.1) is 0 Å². The van der Waals surface area contributed by atoms with Gasteiger partial charge in [0.05, 0.1) is 16.3 Å². The van der Waals surface area contributed by atoms with Crippen LogP contribution < -0.4 is 14.9 Å². The van der Waals surface area contributed by atoms with Gasteiger partial charge >= 0.3 is 0 Å². The number of nitrogens with zero attached hydrogens (tertiary/aromatic N) is 2. The van der Waals surface area contributed by atoms with Gasteiger partial charge in [-0.05, 0) is 62.4 Å². The number of amides is 1. The highest BCUT2D eigenvalue weighted by atomic mass is 35.5. The number of likely N-dealkylation sites (N-methyl/N-ethyl adjacent to an activating group) is 1. The first-order valence-corrected chi connectivity index (χ1v) is 12.1. The molecule has 1 saturated heterocycles. The van der Waals surface area contributed by atoms with Crippen LogP contribution >= 0.6 is 11.6 Å². The monoisotopic (exact) mass is 464 g/mol. The normalized spacial score (nSPS) is 15.2. The zero-order chi connectivity index (χ0) is 22.6. The van der Waals surface area contributed by atoms with Gasteiger partial charge in [0.15, 0.2) is 0 Å². The van der Waals surface area contributed by atoms with Crippen molar-refractivity contribution in [2.24, 2.45) is 0 Å². The Labute approximate surface area is 189 Å². The smallest absolute Gasteiger partial charge is 0.240 e. The topological polar surface area (TPSA) is 81.7 Å². The largest absolute Gasteiger partial charge is 0.367 e. The summed E-state index contributed by atoms with van der Waals surface area (Å²) in [6.45, 7) is 7.39. The van der Waals surface area contributed by atoms with E-state index in [9.17, 15) is 13.2 Å². The highest BCUT2D eigenvalue weighted by molar-refractivity contribution is 7.89. The Morgan fingerprint density at radius 3 is 2.42 bits per heavy atom. The van der Waals surface area contributed by atoms with E-state index in [2.05, 4.69) is 26.9 Å². The zero-order valence-corrected chi connectivity index (χ0v) is 19.7. The lowest BCUT2D eigenvalue weighted by Gasteiger charge is -2.35. The number of aryl methyl sites for hydroxylation is 2. The molecule has 0 atom stereocenters. The molecule has 2 aromatic rings. The summed E-state index contributed by atoms with van der Waals surface area (Å²) in [5, 5.41) is 3.42. The Morgan fingerprint density at radius 1 is 1.03 bits per heavy atom. The predicted octanol–water partition coefficient (Wildman–Crippen LogP) is 3.02. The van der Waals surface area contributed by atoms with E-state index in [0.717, 1.165) is 43.0 Å². The number of anilines is 2. The van der Waals surface area contributed by atoms with E-state index in [4.69, 9.17) is 11.6 Å². The third-order valence-corrected chi connectivity index (χ3v) is 7.20. The molecule has 168 valence electrons. The highest BCUT2D eigenvalue weighted by Crippen LogP contribution is 2.30. The molecule has 3 rings (SSSR count). The summed E-state index contributed by atoms with van der Waals surface area (Å²) >= 11 is 6.15. The number of sulfonamides is 1. The molecular formula is C22H29ClN4O3S. The molecule has 0 bridgehead atoms. The molecule has 9 heteroatoms. The van der Waals surface area contributed by atoms with Gasteiger partial charge in [0, 0.05) is 44.2 Å². The second kappa shape index (κ2) is 9.99. The molecule has 0 radical (unpaired) electrons. The molecule has 0 aliphatic carbocycles. The summed E-state index contributed by atoms with van der Waals surface area (Å²) < 4.78 is 27.5. The Bertz CT molecular complexity index is 1050. The van der Waals surface area contributed by atoms with Crippen LogP contribution in [-0.4, -0.2) is 59.0 Å². The first-order chi connectivity index (χ1) is 14.7. The zero-order valence-electron chi connectivity index (χ0n) is 18.1. The van der Waals surface area contributed by atoms with Gasteiger partial charge in [-0.2, -0.15) is 0 Å². The van der Waals surface area contributed by atoms with Crippen LogP contribution in [0, 0.1) is 13.8 Å². The van der Waals surface area contributed by atoms with Gasteiger partial charge in [-0.25, -0.2) is 13.1 Å². The van der Waals surface area contributed by atoms with Crippen LogP contribution in [0.3, 0.4) is 0 Å². The van der Waals surface area contributed by atoms with Gasteiger partial charge in [0.1, 0.15) is 0 Å². The summed E-state index contributed by atoms with van der Waals surface area (Å²) in [4.78, 5) is 17.2. The van der Waals surface area contributed by atoms with E-state index in [1.165, 1.54) is 0 Å². The van der Waals surface area contributed by atoms with E-state index >= 15 is 0 Å². The van der Waals surface area contributed by atoms with Crippen molar-refractivity contribution in [2.75, 3.05) is 50.0 Å². The molecule has 0 aromatic heterocycles. The Kier molecular flexibility index (Phi) is 7.59. The Morgan fingerprint density at radius 2 is 1.74 bits per heavy atom. The van der Waals surface area contributed by atoms with Gasteiger partial charge in [-0.3, -0.25) is 4.79 Å². The third kappa shape index (κ3) is 6.20. The van der Waals surface area contributed by atoms with E-state index in [-0.39, 0.29) is 23.8 Å². The lowest BCUT2D eigenvalue weighted by molar-refractivity contribution is -0.116. The lowest BCUT2D eigenvalue weighted by Crippen LogP contribution is -2.44. The number of rotatable bonds is 7. The minimum absolute atomic E-state index is 0.00546. The maximum absolute atomic E-state index is 12.5. The Hall–Kier alpha value is -2.13. The fraction of sp³-hybridized carbons (Fsp3) is 0.409. The number of nitrogens with one attached hydrogen (secondary N) is 2. The average molecular weight is 465 g/mol. The van der Waals surface area contributed by atoms with Crippen LogP contribution in [0.4, 0.5) is 11.4 Å². The highest BCUT2D eigenvalue weighted by Gasteiger charge is 2.19. The first kappa shape index (κ1) is 23.5. The quantitative estimate of drug-likeness (QED) is 0.658. The standard InChI is InChI=1S/C22H29ClN4O3S/c1-16-4-6-19(14-17(16)2)31(29,30)24-9-8-22(28)25-20-15-18(23)5-7-21(20)27-12-10-26(3)11-13-27/h4-7,14-15,24H,8-13H2,1-3H3,(H,25,28). The van der Waals surface area contributed by atoms with Gasteiger partial charge < -0.3 is 15.1 Å². The molecule has 1 amide bonds. The molecule has 0 unspecified atom stereocenters. The van der Waals surface area contributed by atoms with E-state index in [0.29, 0.717) is 10.7 Å². The first-order valence-electron chi connectivity index (χ1n) is 10.3. The van der Waals surface area contributed by atoms with Crippen molar-refractivity contribution < 1.29 is 13.2 Å². The number of carbonyl (C=O) groups excluding carboxylic acids is 1. The average Bonchev–Trinajstić information content (AvgIpc) is 2.71. The van der Waals surface area contributed by atoms with Crippen molar-refractivity contribution in [1.29, 1.82) is 0 Å². The molecule has 1 heterocycles. The van der Waals surface area contributed by atoms with Crippen LogP contribution in [0.2, 0.25) is 5.02 Å². The van der Waals surface area contributed by atoms with Crippen LogP contribution in [0.5, 0.6) is 0 Å². The summed E-state index contributed by atoms with van der Waals surface area (Å²) in [5.41, 5.74) is 3.48. The second-order valence-corrected chi connectivity index (χ2v) is 10.1. The van der Waals surface area contributed by atoms with Crippen LogP contribution in [-0.2, 0) is 14.8 Å². The van der Waals surface area contributed by atoms with E-state index in [1.54, 1.807) is 24.3 Å². The third-order valence-electron chi connectivity index (χ3n) is 5.51. The number of halogens is 1. The molecule has 7 nitrogen and oxygen atoms in total. The fourth-order valence-electron chi connectivity index (χ4n) is 3.41. The molecule has 1 aliphatic heterocycles. The summed E-state index contributed by atoms with van der Waals surface area (Å²) in [6.07, 6.45) is 0.0127. The number of piperazine rings is 1. The molecule has 1 fully saturated rings. The summed E-state index contributed by atoms with van der Waals surface area (Å²) in [7, 11) is -1.59. The number of hydrogen-bond donors (Lipinski definition) is 2. The molecule has 1 aliphatic rings. The molecule has 0 spiro atoms. The fourth-order valence-corrected chi connectivity index (χ4v) is 4.70. The number of carbonyl (C=O) groups is 1. The van der Waals surface area contributed by atoms with E-state index in [1.807, 2.05) is 26.0 Å². The molecule has 2 N–H and O–H groups in total. The number of benzene rings is 2. The van der Waals surface area contributed by atoms with Crippen LogP contribution in [0.15, 0.2) is 41.3 Å². The van der Waals surface area contributed by atoms with Crippen molar-refractivity contribution >= 4 is 38.9 Å². The maximum atomic E-state index is 12.5. The minimum atomic E-state index is -3.67. The predicted molar refractivity (Wildman–Crippen MR) is 126 cm³/mol. The van der Waals surface area contributed by atoms with Gasteiger partial charge in [0.25, 0.3) is 0 Å². The molecular weight excluding hydrogens is 436 g/mol.